The molecule has 8 nitrogen and oxygen atoms in total. The molecule has 0 aromatic heterocycles. The summed E-state index contributed by atoms with van der Waals surface area (Å²) < 4.78 is 16.6. The highest BCUT2D eigenvalue weighted by molar-refractivity contribution is 5.91. The highest BCUT2D eigenvalue weighted by atomic mass is 16.5. The number of carbonyl (C=O) groups excluding carboxylic acids is 3. The Morgan fingerprint density at radius 1 is 1.05 bits per heavy atom. The summed E-state index contributed by atoms with van der Waals surface area (Å²) in [5, 5.41) is 14.3. The molecule has 0 aliphatic heterocycles. The Kier molecular flexibility index (Phi) is 7.97. The Hall–Kier alpha value is -2.12. The second-order valence-electron chi connectivity index (χ2n) is 12.7. The summed E-state index contributed by atoms with van der Waals surface area (Å²) in [6, 6.07) is 0. The van der Waals surface area contributed by atoms with Crippen LogP contribution < -0.4 is 0 Å². The Labute approximate surface area is 220 Å². The van der Waals surface area contributed by atoms with Gasteiger partial charge in [-0.2, -0.15) is 0 Å². The lowest BCUT2D eigenvalue weighted by atomic mass is 9.43. The second kappa shape index (κ2) is 10.6. The van der Waals surface area contributed by atoms with Crippen molar-refractivity contribution in [2.24, 2.45) is 51.5 Å². The smallest absolute Gasteiger partial charge is 0.305 e. The summed E-state index contributed by atoms with van der Waals surface area (Å²) >= 11 is 0. The molecule has 208 valence electrons. The van der Waals surface area contributed by atoms with E-state index in [1.54, 1.807) is 0 Å². The fraction of sp³-hybridized carbons (Fsp3) is 0.862. The van der Waals surface area contributed by atoms with E-state index in [2.05, 4.69) is 25.9 Å². The average molecular weight is 520 g/mol. The molecule has 0 bridgehead atoms. The van der Waals surface area contributed by atoms with Crippen molar-refractivity contribution in [3.05, 3.63) is 0 Å². The SMILES string of the molecule is COC(=O)CC[C@@H](C)[C@H]1CC[C@H]2[C@@H]3[C@H](OC(C)=O)C[C@@H]4C[C@H](OC(C)=O)CC[C@]4(C)[C@H]3CC(=NO)[C@]12C. The lowest BCUT2D eigenvalue weighted by molar-refractivity contribution is -0.185. The molecule has 37 heavy (non-hydrogen) atoms. The number of esters is 3. The third-order valence-electron chi connectivity index (χ3n) is 11.1. The number of rotatable bonds is 6. The molecule has 0 aromatic rings. The quantitative estimate of drug-likeness (QED) is 0.224. The molecule has 0 saturated heterocycles. The van der Waals surface area contributed by atoms with Crippen LogP contribution in [0.15, 0.2) is 5.16 Å². The molecule has 10 atom stereocenters. The first-order valence-corrected chi connectivity index (χ1v) is 14.1. The predicted octanol–water partition coefficient (Wildman–Crippen LogP) is 5.15. The highest BCUT2D eigenvalue weighted by Gasteiger charge is 2.66. The first-order valence-electron chi connectivity index (χ1n) is 14.1. The molecule has 4 fully saturated rings. The minimum Gasteiger partial charge on any atom is -0.469 e. The monoisotopic (exact) mass is 519 g/mol. The van der Waals surface area contributed by atoms with Gasteiger partial charge >= 0.3 is 17.9 Å². The summed E-state index contributed by atoms with van der Waals surface area (Å²) in [5.41, 5.74) is 0.531. The summed E-state index contributed by atoms with van der Waals surface area (Å²) in [5.74, 6) is 0.734. The number of fused-ring (bicyclic) bond motifs is 5. The number of nitrogens with zero attached hydrogens (tertiary/aromatic N) is 1. The number of hydrogen-bond acceptors (Lipinski definition) is 8. The van der Waals surface area contributed by atoms with Crippen molar-refractivity contribution in [1.29, 1.82) is 0 Å². The topological polar surface area (TPSA) is 111 Å². The van der Waals surface area contributed by atoms with Crippen molar-refractivity contribution < 1.29 is 33.8 Å². The molecule has 0 spiro atoms. The summed E-state index contributed by atoms with van der Waals surface area (Å²) in [6.45, 7) is 9.74. The highest BCUT2D eigenvalue weighted by Crippen LogP contribution is 2.68. The summed E-state index contributed by atoms with van der Waals surface area (Å²) in [4.78, 5) is 35.8. The summed E-state index contributed by atoms with van der Waals surface area (Å²) in [7, 11) is 1.42. The van der Waals surface area contributed by atoms with E-state index in [1.165, 1.54) is 21.0 Å². The van der Waals surface area contributed by atoms with E-state index in [0.29, 0.717) is 12.8 Å². The Morgan fingerprint density at radius 2 is 1.76 bits per heavy atom. The van der Waals surface area contributed by atoms with E-state index in [1.807, 2.05) is 0 Å². The second-order valence-corrected chi connectivity index (χ2v) is 12.7. The van der Waals surface area contributed by atoms with E-state index < -0.39 is 0 Å². The van der Waals surface area contributed by atoms with Gasteiger partial charge in [-0.1, -0.05) is 25.9 Å². The van der Waals surface area contributed by atoms with Gasteiger partial charge < -0.3 is 19.4 Å². The molecule has 0 aromatic carbocycles. The Bertz CT molecular complexity index is 933. The van der Waals surface area contributed by atoms with Crippen molar-refractivity contribution in [2.75, 3.05) is 7.11 Å². The van der Waals surface area contributed by atoms with Crippen molar-refractivity contribution in [2.45, 2.75) is 105 Å². The Morgan fingerprint density at radius 3 is 2.38 bits per heavy atom. The van der Waals surface area contributed by atoms with Crippen LogP contribution in [-0.2, 0) is 28.6 Å². The first kappa shape index (κ1) is 27.9. The first-order chi connectivity index (χ1) is 17.4. The van der Waals surface area contributed by atoms with Gasteiger partial charge in [0.25, 0.3) is 0 Å². The van der Waals surface area contributed by atoms with E-state index in [-0.39, 0.29) is 76.5 Å². The zero-order valence-electron chi connectivity index (χ0n) is 23.3. The van der Waals surface area contributed by atoms with Gasteiger partial charge in [0.2, 0.25) is 0 Å². The number of ether oxygens (including phenoxy) is 3. The Balaban J connectivity index is 1.66. The van der Waals surface area contributed by atoms with Gasteiger partial charge in [-0.05, 0) is 86.4 Å². The molecule has 4 aliphatic carbocycles. The maximum absolute atomic E-state index is 12.3. The van der Waals surface area contributed by atoms with Gasteiger partial charge in [0.1, 0.15) is 12.2 Å². The third kappa shape index (κ3) is 4.89. The van der Waals surface area contributed by atoms with Crippen LogP contribution in [0.5, 0.6) is 0 Å². The van der Waals surface area contributed by atoms with Gasteiger partial charge in [-0.25, -0.2) is 0 Å². The molecule has 4 saturated carbocycles. The maximum atomic E-state index is 12.3. The van der Waals surface area contributed by atoms with E-state index in [9.17, 15) is 19.6 Å². The van der Waals surface area contributed by atoms with Crippen LogP contribution in [0, 0.1) is 46.3 Å². The van der Waals surface area contributed by atoms with Gasteiger partial charge in [-0.3, -0.25) is 14.4 Å². The molecular formula is C29H45NO7. The van der Waals surface area contributed by atoms with Gasteiger partial charge in [0.15, 0.2) is 0 Å². The third-order valence-corrected chi connectivity index (χ3v) is 11.1. The molecule has 0 amide bonds. The van der Waals surface area contributed by atoms with Crippen molar-refractivity contribution >= 4 is 23.6 Å². The molecule has 4 aliphatic rings. The van der Waals surface area contributed by atoms with Crippen molar-refractivity contribution in [1.82, 2.24) is 0 Å². The maximum Gasteiger partial charge on any atom is 0.305 e. The van der Waals surface area contributed by atoms with Gasteiger partial charge in [-0.15, -0.1) is 0 Å². The van der Waals surface area contributed by atoms with Crippen molar-refractivity contribution in [3.63, 3.8) is 0 Å². The largest absolute Gasteiger partial charge is 0.469 e. The van der Waals surface area contributed by atoms with Crippen LogP contribution in [-0.4, -0.2) is 48.1 Å². The van der Waals surface area contributed by atoms with Crippen LogP contribution >= 0.6 is 0 Å². The molecule has 0 radical (unpaired) electrons. The average Bonchev–Trinajstić information content (AvgIpc) is 3.19. The number of methoxy groups -OCH3 is 1. The standard InChI is InChI=1S/C29H45NO7/c1-16(7-10-26(33)35-6)21-8-9-22-27-23(15-25(30-34)29(21,22)5)28(4)12-11-20(36-17(2)31)13-19(28)14-24(27)37-18(3)32/h16,19-24,27,34H,7-15H2,1-6H3/t16-,19+,20-,21-,22+,23+,24-,27+,28+,29-/m1/s1. The number of hydrogen-bond donors (Lipinski definition) is 1. The van der Waals surface area contributed by atoms with Crippen LogP contribution in [0.2, 0.25) is 0 Å². The van der Waals surface area contributed by atoms with Crippen LogP contribution in [0.3, 0.4) is 0 Å². The van der Waals surface area contributed by atoms with E-state index >= 15 is 0 Å². The molecular weight excluding hydrogens is 474 g/mol. The molecule has 1 N–H and O–H groups in total. The van der Waals surface area contributed by atoms with Crippen LogP contribution in [0.1, 0.15) is 92.4 Å². The fourth-order valence-electron chi connectivity index (χ4n) is 9.32. The van der Waals surface area contributed by atoms with Crippen LogP contribution in [0.4, 0.5) is 0 Å². The predicted molar refractivity (Wildman–Crippen MR) is 137 cm³/mol. The van der Waals surface area contributed by atoms with E-state index in [4.69, 9.17) is 14.2 Å². The van der Waals surface area contributed by atoms with Gasteiger partial charge in [0.05, 0.1) is 12.8 Å². The fourth-order valence-corrected chi connectivity index (χ4v) is 9.32. The van der Waals surface area contributed by atoms with Gasteiger partial charge in [0, 0.05) is 31.6 Å². The zero-order valence-corrected chi connectivity index (χ0v) is 23.3. The normalized spacial score (nSPS) is 42.6. The lowest BCUT2D eigenvalue weighted by Gasteiger charge is -2.62. The van der Waals surface area contributed by atoms with Crippen molar-refractivity contribution in [3.8, 4) is 0 Å². The molecule has 0 unspecified atom stereocenters. The minimum absolute atomic E-state index is 0.0101. The minimum atomic E-state index is -0.317. The zero-order chi connectivity index (χ0) is 27.1. The van der Waals surface area contributed by atoms with E-state index in [0.717, 1.165) is 50.7 Å². The number of carbonyl (C=O) groups is 3. The molecule has 8 heteroatoms. The molecule has 4 rings (SSSR count). The molecule has 0 heterocycles. The van der Waals surface area contributed by atoms with Crippen LogP contribution in [0.25, 0.3) is 0 Å². The lowest BCUT2D eigenvalue weighted by Crippen LogP contribution is -2.62. The number of oxime groups is 1. The summed E-state index contributed by atoms with van der Waals surface area (Å²) in [6.07, 6.45) is 6.78.